The van der Waals surface area contributed by atoms with Gasteiger partial charge in [0.05, 0.1) is 6.61 Å². The summed E-state index contributed by atoms with van der Waals surface area (Å²) in [4.78, 5) is 12.4. The number of alkyl halides is 2. The number of halogens is 2. The predicted molar refractivity (Wildman–Crippen MR) is 101 cm³/mol. The molecule has 0 saturated heterocycles. The molecule has 0 amide bonds. The van der Waals surface area contributed by atoms with Crippen LogP contribution in [-0.4, -0.2) is 19.0 Å². The number of rotatable bonds is 8. The molecule has 0 bridgehead atoms. The summed E-state index contributed by atoms with van der Waals surface area (Å²) in [6.45, 7) is 6.09. The van der Waals surface area contributed by atoms with Crippen LogP contribution in [0.3, 0.4) is 0 Å². The van der Waals surface area contributed by atoms with Gasteiger partial charge < -0.3 is 4.74 Å². The Kier molecular flexibility index (Phi) is 8.05. The second-order valence-corrected chi connectivity index (χ2v) is 7.51. The minimum absolute atomic E-state index is 0.113. The van der Waals surface area contributed by atoms with Crippen molar-refractivity contribution in [3.05, 3.63) is 35.4 Å². The highest BCUT2D eigenvalue weighted by Crippen LogP contribution is 2.43. The molecular formula is C22H32F2O2. The van der Waals surface area contributed by atoms with Gasteiger partial charge in [0.2, 0.25) is 0 Å². The van der Waals surface area contributed by atoms with Gasteiger partial charge in [-0.15, -0.1) is 0 Å². The molecule has 146 valence electrons. The maximum absolute atomic E-state index is 13.9. The molecule has 26 heavy (non-hydrogen) atoms. The highest BCUT2D eigenvalue weighted by atomic mass is 19.3. The number of hydrogen-bond acceptors (Lipinski definition) is 2. The molecule has 0 radical (unpaired) electrons. The average molecular weight is 366 g/mol. The Balaban J connectivity index is 2.37. The standard InChI is InChI=1S/C22H32F2O2/c1-4-15(3)16-11-13-18(14-12-16)19(17-9-7-6-8-10-17)20(21(23)24)22(25)26-5-2/h11-15,17,19-21H,4-10H2,1-3H3. The van der Waals surface area contributed by atoms with Crippen molar-refractivity contribution in [1.29, 1.82) is 0 Å². The van der Waals surface area contributed by atoms with E-state index in [0.29, 0.717) is 5.92 Å². The first-order valence-electron chi connectivity index (χ1n) is 10.0. The summed E-state index contributed by atoms with van der Waals surface area (Å²) in [6, 6.07) is 7.98. The molecule has 1 fully saturated rings. The fourth-order valence-electron chi connectivity index (χ4n) is 4.19. The van der Waals surface area contributed by atoms with Crippen LogP contribution in [0.25, 0.3) is 0 Å². The normalized spacial score (nSPS) is 19.2. The Morgan fingerprint density at radius 2 is 1.65 bits per heavy atom. The molecule has 0 heterocycles. The maximum atomic E-state index is 13.9. The summed E-state index contributed by atoms with van der Waals surface area (Å²) in [5.74, 6) is -2.06. The number of esters is 1. The molecule has 1 aromatic rings. The number of hydrogen-bond donors (Lipinski definition) is 0. The van der Waals surface area contributed by atoms with Gasteiger partial charge in [-0.1, -0.05) is 57.4 Å². The lowest BCUT2D eigenvalue weighted by Crippen LogP contribution is -2.35. The van der Waals surface area contributed by atoms with Gasteiger partial charge in [-0.2, -0.15) is 0 Å². The molecule has 0 spiro atoms. The minimum Gasteiger partial charge on any atom is -0.466 e. The SMILES string of the molecule is CCOC(=O)C(C(F)F)C(c1ccc(C(C)CC)cc1)C1CCCCC1. The van der Waals surface area contributed by atoms with Crippen molar-refractivity contribution in [1.82, 2.24) is 0 Å². The first-order chi connectivity index (χ1) is 12.5. The lowest BCUT2D eigenvalue weighted by molar-refractivity contribution is -0.156. The zero-order chi connectivity index (χ0) is 19.1. The molecule has 2 rings (SSSR count). The van der Waals surface area contributed by atoms with Gasteiger partial charge >= 0.3 is 5.97 Å². The molecule has 2 nitrogen and oxygen atoms in total. The largest absolute Gasteiger partial charge is 0.466 e. The van der Waals surface area contributed by atoms with E-state index >= 15 is 0 Å². The third-order valence-corrected chi connectivity index (χ3v) is 5.88. The molecule has 3 unspecified atom stereocenters. The van der Waals surface area contributed by atoms with Crippen molar-refractivity contribution in [2.24, 2.45) is 11.8 Å². The second-order valence-electron chi connectivity index (χ2n) is 7.51. The predicted octanol–water partition coefficient (Wildman–Crippen LogP) is 6.31. The molecule has 4 heteroatoms. The van der Waals surface area contributed by atoms with Gasteiger partial charge in [0.15, 0.2) is 0 Å². The van der Waals surface area contributed by atoms with Crippen molar-refractivity contribution >= 4 is 5.97 Å². The van der Waals surface area contributed by atoms with Gasteiger partial charge in [-0.3, -0.25) is 4.79 Å². The minimum atomic E-state index is -2.71. The third kappa shape index (κ3) is 5.05. The third-order valence-electron chi connectivity index (χ3n) is 5.88. The van der Waals surface area contributed by atoms with Crippen LogP contribution in [0.1, 0.15) is 82.3 Å². The van der Waals surface area contributed by atoms with Crippen molar-refractivity contribution < 1.29 is 18.3 Å². The molecule has 1 aliphatic rings. The molecular weight excluding hydrogens is 334 g/mol. The Hall–Kier alpha value is -1.45. The van der Waals surface area contributed by atoms with Crippen LogP contribution in [0.4, 0.5) is 8.78 Å². The van der Waals surface area contributed by atoms with Crippen LogP contribution in [-0.2, 0) is 9.53 Å². The summed E-state index contributed by atoms with van der Waals surface area (Å²) < 4.78 is 32.9. The Morgan fingerprint density at radius 3 is 2.15 bits per heavy atom. The van der Waals surface area contributed by atoms with E-state index in [4.69, 9.17) is 4.74 Å². The number of benzene rings is 1. The smallest absolute Gasteiger partial charge is 0.315 e. The van der Waals surface area contributed by atoms with E-state index in [1.807, 2.05) is 24.3 Å². The first-order valence-corrected chi connectivity index (χ1v) is 10.0. The summed E-state index contributed by atoms with van der Waals surface area (Å²) in [5, 5.41) is 0. The van der Waals surface area contributed by atoms with Crippen molar-refractivity contribution in [2.45, 2.75) is 77.6 Å². The van der Waals surface area contributed by atoms with Crippen LogP contribution >= 0.6 is 0 Å². The van der Waals surface area contributed by atoms with Gasteiger partial charge in [0.25, 0.3) is 6.43 Å². The molecule has 1 saturated carbocycles. The number of ether oxygens (including phenoxy) is 1. The number of carbonyl (C=O) groups is 1. The van der Waals surface area contributed by atoms with Gasteiger partial charge in [0, 0.05) is 5.92 Å². The topological polar surface area (TPSA) is 26.3 Å². The van der Waals surface area contributed by atoms with E-state index in [2.05, 4.69) is 13.8 Å². The van der Waals surface area contributed by atoms with Crippen molar-refractivity contribution in [2.75, 3.05) is 6.61 Å². The quantitative estimate of drug-likeness (QED) is 0.504. The van der Waals surface area contributed by atoms with E-state index in [1.54, 1.807) is 6.92 Å². The fourth-order valence-corrected chi connectivity index (χ4v) is 4.19. The lowest BCUT2D eigenvalue weighted by atomic mass is 9.70. The van der Waals surface area contributed by atoms with E-state index in [1.165, 1.54) is 5.56 Å². The lowest BCUT2D eigenvalue weighted by Gasteiger charge is -2.35. The van der Waals surface area contributed by atoms with Crippen LogP contribution in [0.5, 0.6) is 0 Å². The summed E-state index contributed by atoms with van der Waals surface area (Å²) in [7, 11) is 0. The first kappa shape index (κ1) is 20.9. The Bertz CT molecular complexity index is 550. The van der Waals surface area contributed by atoms with Gasteiger partial charge in [-0.25, -0.2) is 8.78 Å². The van der Waals surface area contributed by atoms with Crippen LogP contribution in [0.15, 0.2) is 24.3 Å². The maximum Gasteiger partial charge on any atom is 0.315 e. The van der Waals surface area contributed by atoms with E-state index < -0.39 is 24.2 Å². The molecule has 0 aromatic heterocycles. The molecule has 0 aliphatic heterocycles. The fraction of sp³-hybridized carbons (Fsp3) is 0.682. The zero-order valence-electron chi connectivity index (χ0n) is 16.2. The van der Waals surface area contributed by atoms with E-state index in [0.717, 1.165) is 44.1 Å². The highest BCUT2D eigenvalue weighted by Gasteiger charge is 2.42. The second kappa shape index (κ2) is 10.0. The van der Waals surface area contributed by atoms with Gasteiger partial charge in [-0.05, 0) is 49.1 Å². The Labute approximate surface area is 156 Å². The molecule has 1 aromatic carbocycles. The highest BCUT2D eigenvalue weighted by molar-refractivity contribution is 5.74. The zero-order valence-corrected chi connectivity index (χ0v) is 16.2. The number of carbonyl (C=O) groups excluding carboxylic acids is 1. The van der Waals surface area contributed by atoms with Crippen molar-refractivity contribution in [3.8, 4) is 0 Å². The summed E-state index contributed by atoms with van der Waals surface area (Å²) in [5.41, 5.74) is 2.06. The van der Waals surface area contributed by atoms with E-state index in [-0.39, 0.29) is 12.5 Å². The average Bonchev–Trinajstić information content (AvgIpc) is 2.66. The van der Waals surface area contributed by atoms with Gasteiger partial charge in [0.1, 0.15) is 5.92 Å². The molecule has 3 atom stereocenters. The van der Waals surface area contributed by atoms with Crippen LogP contribution < -0.4 is 0 Å². The Morgan fingerprint density at radius 1 is 1.08 bits per heavy atom. The van der Waals surface area contributed by atoms with Crippen LogP contribution in [0, 0.1) is 11.8 Å². The molecule has 0 N–H and O–H groups in total. The van der Waals surface area contributed by atoms with E-state index in [9.17, 15) is 13.6 Å². The summed E-state index contributed by atoms with van der Waals surface area (Å²) >= 11 is 0. The van der Waals surface area contributed by atoms with Crippen molar-refractivity contribution in [3.63, 3.8) is 0 Å². The summed E-state index contributed by atoms with van der Waals surface area (Å²) in [6.07, 6.45) is 3.37. The monoisotopic (exact) mass is 366 g/mol. The molecule has 1 aliphatic carbocycles. The van der Waals surface area contributed by atoms with Crippen LogP contribution in [0.2, 0.25) is 0 Å².